The molecule has 2 amide bonds. The van der Waals surface area contributed by atoms with Gasteiger partial charge < -0.3 is 14.5 Å². The Kier molecular flexibility index (Phi) is 4.46. The average Bonchev–Trinajstić information content (AvgIpc) is 3.20. The summed E-state index contributed by atoms with van der Waals surface area (Å²) in [4.78, 5) is 28.8. The van der Waals surface area contributed by atoms with Gasteiger partial charge in [0.2, 0.25) is 11.8 Å². The predicted octanol–water partition coefficient (Wildman–Crippen LogP) is 1.75. The molecule has 0 aromatic heterocycles. The van der Waals surface area contributed by atoms with Crippen LogP contribution in [0.1, 0.15) is 31.2 Å². The molecule has 3 heterocycles. The summed E-state index contributed by atoms with van der Waals surface area (Å²) >= 11 is 0. The molecule has 5 nitrogen and oxygen atoms in total. The Bertz CT molecular complexity index is 663. The molecule has 3 aliphatic heterocycles. The van der Waals surface area contributed by atoms with Crippen LogP contribution in [0.4, 0.5) is 4.39 Å². The molecule has 25 heavy (non-hydrogen) atoms. The van der Waals surface area contributed by atoms with Gasteiger partial charge in [0.15, 0.2) is 0 Å². The number of benzene rings is 1. The number of ether oxygens (including phenoxy) is 1. The smallest absolute Gasteiger partial charge is 0.227 e. The largest absolute Gasteiger partial charge is 0.374 e. The first-order valence-corrected chi connectivity index (χ1v) is 9.08. The second kappa shape index (κ2) is 6.75. The number of likely N-dealkylation sites (tertiary alicyclic amines) is 2. The van der Waals surface area contributed by atoms with Gasteiger partial charge in [-0.3, -0.25) is 9.59 Å². The Balaban J connectivity index is 1.51. The fourth-order valence-electron chi connectivity index (χ4n) is 4.39. The summed E-state index contributed by atoms with van der Waals surface area (Å²) in [5, 5.41) is 0. The monoisotopic (exact) mass is 346 g/mol. The molecule has 3 atom stereocenters. The Morgan fingerprint density at radius 2 is 2.00 bits per heavy atom. The number of hydrogen-bond acceptors (Lipinski definition) is 3. The lowest BCUT2D eigenvalue weighted by atomic mass is 10.00. The summed E-state index contributed by atoms with van der Waals surface area (Å²) in [6, 6.07) is 6.08. The molecule has 3 saturated heterocycles. The Labute approximate surface area is 146 Å². The van der Waals surface area contributed by atoms with E-state index in [1.54, 1.807) is 12.1 Å². The second-order valence-corrected chi connectivity index (χ2v) is 7.15. The third-order valence-electron chi connectivity index (χ3n) is 5.60. The van der Waals surface area contributed by atoms with Crippen LogP contribution in [0, 0.1) is 5.82 Å². The zero-order valence-electron chi connectivity index (χ0n) is 14.2. The van der Waals surface area contributed by atoms with Crippen LogP contribution >= 0.6 is 0 Å². The maximum absolute atomic E-state index is 13.1. The van der Waals surface area contributed by atoms with E-state index in [1.165, 1.54) is 12.1 Å². The minimum absolute atomic E-state index is 0.0289. The minimum atomic E-state index is -0.300. The molecule has 0 spiro atoms. The van der Waals surface area contributed by atoms with Gasteiger partial charge >= 0.3 is 0 Å². The van der Waals surface area contributed by atoms with Crippen LogP contribution in [0.2, 0.25) is 0 Å². The second-order valence-electron chi connectivity index (χ2n) is 7.15. The number of rotatable bonds is 3. The normalized spacial score (nSPS) is 29.2. The molecule has 6 heteroatoms. The van der Waals surface area contributed by atoms with Crippen molar-refractivity contribution in [1.82, 2.24) is 9.80 Å². The predicted molar refractivity (Wildman–Crippen MR) is 89.3 cm³/mol. The molecule has 0 saturated carbocycles. The molecular formula is C19H23FN2O3. The molecular weight excluding hydrogens is 323 g/mol. The summed E-state index contributed by atoms with van der Waals surface area (Å²) in [6.07, 6.45) is 3.51. The minimum Gasteiger partial charge on any atom is -0.374 e. The van der Waals surface area contributed by atoms with Gasteiger partial charge in [-0.05, 0) is 37.0 Å². The molecule has 0 bridgehead atoms. The molecule has 0 N–H and O–H groups in total. The van der Waals surface area contributed by atoms with Crippen LogP contribution in [-0.4, -0.2) is 59.5 Å². The van der Waals surface area contributed by atoms with Crippen molar-refractivity contribution in [1.29, 1.82) is 0 Å². The average molecular weight is 346 g/mol. The van der Waals surface area contributed by atoms with Crippen LogP contribution < -0.4 is 0 Å². The van der Waals surface area contributed by atoms with E-state index in [0.29, 0.717) is 19.6 Å². The van der Waals surface area contributed by atoms with E-state index in [-0.39, 0.29) is 42.2 Å². The number of amides is 2. The lowest BCUT2D eigenvalue weighted by Gasteiger charge is -2.34. The van der Waals surface area contributed by atoms with Crippen LogP contribution in [0.3, 0.4) is 0 Å². The van der Waals surface area contributed by atoms with Crippen molar-refractivity contribution in [2.75, 3.05) is 19.7 Å². The van der Waals surface area contributed by atoms with Gasteiger partial charge in [-0.15, -0.1) is 0 Å². The standard InChI is InChI=1S/C19H23FN2O3/c20-14-7-5-13(6-8-14)11-18(24)22-12-16(21-9-1-4-17(21)23)19-15(22)3-2-10-25-19/h5-8,15-16,19H,1-4,9-12H2/t15-,16-,19+/m1/s1. The highest BCUT2D eigenvalue weighted by Gasteiger charge is 2.49. The van der Waals surface area contributed by atoms with E-state index in [0.717, 1.165) is 31.4 Å². The van der Waals surface area contributed by atoms with Gasteiger partial charge in [0.25, 0.3) is 0 Å². The number of nitrogens with zero attached hydrogens (tertiary/aromatic N) is 2. The number of halogens is 1. The molecule has 4 rings (SSSR count). The Morgan fingerprint density at radius 3 is 2.72 bits per heavy atom. The SMILES string of the molecule is O=C1CCCN1[C@@H]1CN(C(=O)Cc2ccc(F)cc2)[C@@H]2CCCO[C@H]12. The van der Waals surface area contributed by atoms with E-state index in [1.807, 2.05) is 9.80 Å². The highest BCUT2D eigenvalue weighted by atomic mass is 19.1. The van der Waals surface area contributed by atoms with E-state index in [9.17, 15) is 14.0 Å². The molecule has 3 aliphatic rings. The van der Waals surface area contributed by atoms with Gasteiger partial charge in [-0.2, -0.15) is 0 Å². The lowest BCUT2D eigenvalue weighted by molar-refractivity contribution is -0.134. The first kappa shape index (κ1) is 16.5. The van der Waals surface area contributed by atoms with Gasteiger partial charge in [0.05, 0.1) is 24.6 Å². The zero-order valence-corrected chi connectivity index (χ0v) is 14.2. The number of carbonyl (C=O) groups is 2. The van der Waals surface area contributed by atoms with Crippen molar-refractivity contribution in [3.05, 3.63) is 35.6 Å². The van der Waals surface area contributed by atoms with Crippen LogP contribution in [-0.2, 0) is 20.7 Å². The first-order valence-electron chi connectivity index (χ1n) is 9.08. The Morgan fingerprint density at radius 1 is 1.20 bits per heavy atom. The number of hydrogen-bond donors (Lipinski definition) is 0. The highest BCUT2D eigenvalue weighted by Crippen LogP contribution is 2.33. The highest BCUT2D eigenvalue weighted by molar-refractivity contribution is 5.81. The third kappa shape index (κ3) is 3.15. The van der Waals surface area contributed by atoms with Crippen molar-refractivity contribution in [3.63, 3.8) is 0 Å². The van der Waals surface area contributed by atoms with Gasteiger partial charge in [0.1, 0.15) is 5.82 Å². The van der Waals surface area contributed by atoms with Gasteiger partial charge in [-0.25, -0.2) is 4.39 Å². The third-order valence-corrected chi connectivity index (χ3v) is 5.60. The lowest BCUT2D eigenvalue weighted by Crippen LogP contribution is -2.48. The van der Waals surface area contributed by atoms with Crippen LogP contribution in [0.25, 0.3) is 0 Å². The first-order chi connectivity index (χ1) is 12.1. The van der Waals surface area contributed by atoms with Crippen molar-refractivity contribution in [3.8, 4) is 0 Å². The van der Waals surface area contributed by atoms with Gasteiger partial charge in [0, 0.05) is 26.1 Å². The maximum Gasteiger partial charge on any atom is 0.227 e. The quantitative estimate of drug-likeness (QED) is 0.838. The van der Waals surface area contributed by atoms with Crippen molar-refractivity contribution >= 4 is 11.8 Å². The zero-order chi connectivity index (χ0) is 17.4. The van der Waals surface area contributed by atoms with Crippen molar-refractivity contribution in [2.24, 2.45) is 0 Å². The topological polar surface area (TPSA) is 49.9 Å². The van der Waals surface area contributed by atoms with Crippen molar-refractivity contribution < 1.29 is 18.7 Å². The van der Waals surface area contributed by atoms with Crippen molar-refractivity contribution in [2.45, 2.75) is 50.3 Å². The number of fused-ring (bicyclic) bond motifs is 1. The van der Waals surface area contributed by atoms with E-state index < -0.39 is 0 Å². The van der Waals surface area contributed by atoms with Crippen LogP contribution in [0.15, 0.2) is 24.3 Å². The molecule has 134 valence electrons. The summed E-state index contributed by atoms with van der Waals surface area (Å²) < 4.78 is 19.0. The maximum atomic E-state index is 13.1. The van der Waals surface area contributed by atoms with Crippen LogP contribution in [0.5, 0.6) is 0 Å². The summed E-state index contributed by atoms with van der Waals surface area (Å²) in [5.41, 5.74) is 0.806. The van der Waals surface area contributed by atoms with Gasteiger partial charge in [-0.1, -0.05) is 12.1 Å². The summed E-state index contributed by atoms with van der Waals surface area (Å²) in [6.45, 7) is 2.00. The molecule has 1 aromatic carbocycles. The number of carbonyl (C=O) groups excluding carboxylic acids is 2. The Hall–Kier alpha value is -1.95. The molecule has 3 fully saturated rings. The molecule has 0 radical (unpaired) electrons. The molecule has 0 unspecified atom stereocenters. The molecule has 1 aromatic rings. The summed E-state index contributed by atoms with van der Waals surface area (Å²) in [5.74, 6) is -0.0993. The van der Waals surface area contributed by atoms with E-state index in [4.69, 9.17) is 4.74 Å². The summed E-state index contributed by atoms with van der Waals surface area (Å²) in [7, 11) is 0. The fraction of sp³-hybridized carbons (Fsp3) is 0.579. The van der Waals surface area contributed by atoms with E-state index in [2.05, 4.69) is 0 Å². The molecule has 0 aliphatic carbocycles. The fourth-order valence-corrected chi connectivity index (χ4v) is 4.39. The van der Waals surface area contributed by atoms with E-state index >= 15 is 0 Å².